The molecule has 1 aromatic heterocycles. The second-order valence-corrected chi connectivity index (χ2v) is 7.07. The number of benzene rings is 2. The second-order valence-electron chi connectivity index (χ2n) is 6.63. The van der Waals surface area contributed by atoms with E-state index in [4.69, 9.17) is 11.6 Å². The fraction of sp³-hybridized carbons (Fsp3) is 0.182. The summed E-state index contributed by atoms with van der Waals surface area (Å²) in [6.45, 7) is 0.538. The molecule has 6 heteroatoms. The molecule has 0 radical (unpaired) electrons. The van der Waals surface area contributed by atoms with E-state index in [0.29, 0.717) is 22.9 Å². The van der Waals surface area contributed by atoms with Crippen LogP contribution in [0.15, 0.2) is 66.9 Å². The second kappa shape index (κ2) is 9.24. The van der Waals surface area contributed by atoms with Crippen molar-refractivity contribution in [2.75, 3.05) is 30.9 Å². The monoisotopic (exact) mass is 394 g/mol. The van der Waals surface area contributed by atoms with Crippen LogP contribution in [0.3, 0.4) is 0 Å². The number of amides is 1. The predicted molar refractivity (Wildman–Crippen MR) is 116 cm³/mol. The van der Waals surface area contributed by atoms with Crippen LogP contribution in [0.1, 0.15) is 15.9 Å². The number of aromatic nitrogens is 1. The third kappa shape index (κ3) is 5.47. The van der Waals surface area contributed by atoms with Crippen LogP contribution in [0, 0.1) is 0 Å². The van der Waals surface area contributed by atoms with E-state index in [1.54, 1.807) is 18.3 Å². The van der Waals surface area contributed by atoms with Gasteiger partial charge < -0.3 is 15.5 Å². The zero-order chi connectivity index (χ0) is 19.9. The summed E-state index contributed by atoms with van der Waals surface area (Å²) in [5, 5.41) is 6.87. The number of anilines is 3. The van der Waals surface area contributed by atoms with Gasteiger partial charge in [0.1, 0.15) is 5.82 Å². The Hall–Kier alpha value is -3.05. The Labute approximate surface area is 170 Å². The van der Waals surface area contributed by atoms with Gasteiger partial charge in [0.25, 0.3) is 5.91 Å². The molecule has 0 atom stereocenters. The number of carbonyl (C=O) groups excluding carboxylic acids is 1. The summed E-state index contributed by atoms with van der Waals surface area (Å²) in [5.41, 5.74) is 3.68. The van der Waals surface area contributed by atoms with Gasteiger partial charge in [-0.1, -0.05) is 23.7 Å². The first kappa shape index (κ1) is 19.7. The lowest BCUT2D eigenvalue weighted by atomic mass is 10.1. The van der Waals surface area contributed by atoms with Gasteiger partial charge in [-0.05, 0) is 60.5 Å². The summed E-state index contributed by atoms with van der Waals surface area (Å²) in [5.74, 6) is 0.496. The minimum Gasteiger partial charge on any atom is -0.378 e. The molecule has 0 aliphatic heterocycles. The maximum absolute atomic E-state index is 12.4. The predicted octanol–water partition coefficient (Wildman–Crippen LogP) is 4.52. The Morgan fingerprint density at radius 2 is 1.86 bits per heavy atom. The lowest BCUT2D eigenvalue weighted by Gasteiger charge is -2.13. The van der Waals surface area contributed by atoms with Gasteiger partial charge in [-0.15, -0.1) is 0 Å². The number of pyridine rings is 1. The number of hydrogen-bond donors (Lipinski definition) is 2. The first-order valence-corrected chi connectivity index (χ1v) is 9.42. The number of carbonyl (C=O) groups is 1. The molecule has 144 valence electrons. The third-order valence-corrected chi connectivity index (χ3v) is 4.50. The minimum absolute atomic E-state index is 0.129. The summed E-state index contributed by atoms with van der Waals surface area (Å²) >= 11 is 5.99. The van der Waals surface area contributed by atoms with Gasteiger partial charge in [-0.2, -0.15) is 0 Å². The molecule has 1 heterocycles. The van der Waals surface area contributed by atoms with Crippen LogP contribution < -0.4 is 15.5 Å². The van der Waals surface area contributed by atoms with Crippen molar-refractivity contribution in [1.82, 2.24) is 10.3 Å². The normalized spacial score (nSPS) is 10.4. The van der Waals surface area contributed by atoms with Gasteiger partial charge in [0.05, 0.1) is 0 Å². The average molecular weight is 395 g/mol. The zero-order valence-electron chi connectivity index (χ0n) is 15.9. The molecular formula is C22H23ClN4O. The Morgan fingerprint density at radius 1 is 1.07 bits per heavy atom. The molecule has 3 aromatic rings. The van der Waals surface area contributed by atoms with Crippen molar-refractivity contribution < 1.29 is 4.79 Å². The first-order chi connectivity index (χ1) is 13.5. The molecule has 1 amide bonds. The van der Waals surface area contributed by atoms with Gasteiger partial charge in [-0.25, -0.2) is 4.98 Å². The number of nitrogens with zero attached hydrogens (tertiary/aromatic N) is 2. The Kier molecular flexibility index (Phi) is 6.50. The van der Waals surface area contributed by atoms with E-state index in [0.717, 1.165) is 23.4 Å². The summed E-state index contributed by atoms with van der Waals surface area (Å²) in [6, 6.07) is 19.1. The van der Waals surface area contributed by atoms with Crippen molar-refractivity contribution in [3.05, 3.63) is 83.0 Å². The minimum atomic E-state index is -0.129. The summed E-state index contributed by atoms with van der Waals surface area (Å²) in [4.78, 5) is 18.8. The largest absolute Gasteiger partial charge is 0.378 e. The Balaban J connectivity index is 1.58. The van der Waals surface area contributed by atoms with Gasteiger partial charge in [-0.3, -0.25) is 4.79 Å². The van der Waals surface area contributed by atoms with Crippen molar-refractivity contribution in [1.29, 1.82) is 0 Å². The summed E-state index contributed by atoms with van der Waals surface area (Å²) in [6.07, 6.45) is 2.35. The van der Waals surface area contributed by atoms with Crippen LogP contribution in [0.5, 0.6) is 0 Å². The van der Waals surface area contributed by atoms with Gasteiger partial charge >= 0.3 is 0 Å². The molecule has 2 aromatic carbocycles. The maximum atomic E-state index is 12.4. The van der Waals surface area contributed by atoms with Crippen LogP contribution in [0.25, 0.3) is 0 Å². The molecule has 5 nitrogen and oxygen atoms in total. The molecule has 0 unspecified atom stereocenters. The molecule has 0 fully saturated rings. The lowest BCUT2D eigenvalue weighted by molar-refractivity contribution is 0.0954. The SMILES string of the molecule is CN(C)c1ccc(Nc2cc(C(=O)NCCc3cccc(Cl)c3)ccn2)cc1. The van der Waals surface area contributed by atoms with Crippen LogP contribution >= 0.6 is 11.6 Å². The third-order valence-electron chi connectivity index (χ3n) is 4.27. The maximum Gasteiger partial charge on any atom is 0.251 e. The molecule has 28 heavy (non-hydrogen) atoms. The standard InChI is InChI=1S/C22H23ClN4O/c1-27(2)20-8-6-19(7-9-20)26-21-15-17(11-13-24-21)22(28)25-12-10-16-4-3-5-18(23)14-16/h3-9,11,13-15H,10,12H2,1-2H3,(H,24,26)(H,25,28). The molecule has 2 N–H and O–H groups in total. The van der Waals surface area contributed by atoms with E-state index >= 15 is 0 Å². The first-order valence-electron chi connectivity index (χ1n) is 9.04. The van der Waals surface area contributed by atoms with E-state index in [1.165, 1.54) is 0 Å². The Bertz CT molecular complexity index is 941. The molecule has 0 saturated carbocycles. The van der Waals surface area contributed by atoms with Crippen LogP contribution in [-0.2, 0) is 6.42 Å². The van der Waals surface area contributed by atoms with E-state index in [1.807, 2.05) is 67.5 Å². The summed E-state index contributed by atoms with van der Waals surface area (Å²) in [7, 11) is 4.00. The number of hydrogen-bond acceptors (Lipinski definition) is 4. The van der Waals surface area contributed by atoms with Crippen LogP contribution in [0.4, 0.5) is 17.2 Å². The Morgan fingerprint density at radius 3 is 2.57 bits per heavy atom. The highest BCUT2D eigenvalue weighted by Crippen LogP contribution is 2.19. The molecule has 0 spiro atoms. The number of halogens is 1. The quantitative estimate of drug-likeness (QED) is 0.618. The highest BCUT2D eigenvalue weighted by molar-refractivity contribution is 6.30. The van der Waals surface area contributed by atoms with E-state index in [9.17, 15) is 4.79 Å². The molecule has 0 aliphatic carbocycles. The van der Waals surface area contributed by atoms with Crippen molar-refractivity contribution in [3.63, 3.8) is 0 Å². The number of rotatable bonds is 7. The smallest absolute Gasteiger partial charge is 0.251 e. The van der Waals surface area contributed by atoms with Gasteiger partial charge in [0.15, 0.2) is 0 Å². The van der Waals surface area contributed by atoms with E-state index in [2.05, 4.69) is 15.6 Å². The van der Waals surface area contributed by atoms with E-state index < -0.39 is 0 Å². The van der Waals surface area contributed by atoms with Crippen LogP contribution in [0.2, 0.25) is 5.02 Å². The zero-order valence-corrected chi connectivity index (χ0v) is 16.7. The molecule has 0 aliphatic rings. The highest BCUT2D eigenvalue weighted by atomic mass is 35.5. The molecule has 0 saturated heterocycles. The van der Waals surface area contributed by atoms with Gasteiger partial charge in [0.2, 0.25) is 0 Å². The molecular weight excluding hydrogens is 372 g/mol. The highest BCUT2D eigenvalue weighted by Gasteiger charge is 2.07. The summed E-state index contributed by atoms with van der Waals surface area (Å²) < 4.78 is 0. The van der Waals surface area contributed by atoms with Crippen molar-refractivity contribution >= 4 is 34.7 Å². The average Bonchev–Trinajstić information content (AvgIpc) is 2.68. The molecule has 0 bridgehead atoms. The topological polar surface area (TPSA) is 57.3 Å². The number of nitrogens with one attached hydrogen (secondary N) is 2. The fourth-order valence-electron chi connectivity index (χ4n) is 2.75. The van der Waals surface area contributed by atoms with Crippen molar-refractivity contribution in [2.24, 2.45) is 0 Å². The molecule has 3 rings (SSSR count). The van der Waals surface area contributed by atoms with Crippen LogP contribution in [-0.4, -0.2) is 31.5 Å². The van der Waals surface area contributed by atoms with Crippen molar-refractivity contribution in [2.45, 2.75) is 6.42 Å². The lowest BCUT2D eigenvalue weighted by Crippen LogP contribution is -2.25. The van der Waals surface area contributed by atoms with Gasteiger partial charge in [0, 0.05) is 48.8 Å². The van der Waals surface area contributed by atoms with Crippen molar-refractivity contribution in [3.8, 4) is 0 Å². The van der Waals surface area contributed by atoms with E-state index in [-0.39, 0.29) is 5.91 Å². The fourth-order valence-corrected chi connectivity index (χ4v) is 2.96.